The summed E-state index contributed by atoms with van der Waals surface area (Å²) in [5.41, 5.74) is 11.8. The second kappa shape index (κ2) is 15.2. The van der Waals surface area contributed by atoms with E-state index in [-0.39, 0.29) is 0 Å². The summed E-state index contributed by atoms with van der Waals surface area (Å²) in [7, 11) is -3.02. The summed E-state index contributed by atoms with van der Waals surface area (Å²) in [5, 5.41) is 10.3. The third kappa shape index (κ3) is 5.85. The summed E-state index contributed by atoms with van der Waals surface area (Å²) in [4.78, 5) is 0. The minimum absolute atomic E-state index is 1.13. The van der Waals surface area contributed by atoms with Crippen molar-refractivity contribution in [3.05, 3.63) is 255 Å². The van der Waals surface area contributed by atoms with Crippen LogP contribution in [0.2, 0.25) is 0 Å². The van der Waals surface area contributed by atoms with Crippen LogP contribution in [0.3, 0.4) is 0 Å². The standard InChI is InChI=1S/C60H42N2Si/c1-6-21-43(22-7-1)45-25-18-26-47(41-45)61-55-36-17-16-33-51(55)52-34-19-37-57(59(52)61)62-56-40-39-46(44-23-8-2-9-24-44)42-54(56)53-35-20-38-58(60(53)62)63(48-27-10-3-11-28-48,49-29-12-4-13-30-49)50-31-14-5-15-32-50/h1-42H. The maximum atomic E-state index is 2.62. The van der Waals surface area contributed by atoms with Gasteiger partial charge in [-0.15, -0.1) is 0 Å². The SMILES string of the molecule is c1ccc(-c2cccc(-n3c4ccccc4c4cccc(-n5c6ccc(-c7ccccc7)cc6c6cccc([Si](c7ccccc7)(c7ccccc7)c7ccccc7)c65)c43)c2)cc1. The van der Waals surface area contributed by atoms with Crippen molar-refractivity contribution in [1.29, 1.82) is 0 Å². The molecule has 0 fully saturated rings. The van der Waals surface area contributed by atoms with Gasteiger partial charge in [-0.1, -0.05) is 218 Å². The molecule has 63 heavy (non-hydrogen) atoms. The van der Waals surface area contributed by atoms with Crippen LogP contribution in [0.25, 0.3) is 77.2 Å². The van der Waals surface area contributed by atoms with Gasteiger partial charge < -0.3 is 9.13 Å². The van der Waals surface area contributed by atoms with Crippen LogP contribution in [0.5, 0.6) is 0 Å². The smallest absolute Gasteiger partial charge is 0.181 e. The number of aromatic nitrogens is 2. The predicted molar refractivity (Wildman–Crippen MR) is 270 cm³/mol. The zero-order valence-electron chi connectivity index (χ0n) is 34.6. The van der Waals surface area contributed by atoms with Crippen molar-refractivity contribution in [3.8, 4) is 33.6 Å². The molecule has 296 valence electrons. The molecule has 3 heteroatoms. The van der Waals surface area contributed by atoms with E-state index in [1.165, 1.54) is 86.6 Å². The topological polar surface area (TPSA) is 9.86 Å². The van der Waals surface area contributed by atoms with Crippen LogP contribution >= 0.6 is 0 Å². The molecule has 0 atom stereocenters. The zero-order chi connectivity index (χ0) is 41.7. The van der Waals surface area contributed by atoms with Crippen molar-refractivity contribution in [2.75, 3.05) is 0 Å². The first kappa shape index (κ1) is 36.8. The van der Waals surface area contributed by atoms with E-state index >= 15 is 0 Å². The molecule has 0 aliphatic rings. The van der Waals surface area contributed by atoms with Crippen molar-refractivity contribution >= 4 is 72.4 Å². The van der Waals surface area contributed by atoms with Gasteiger partial charge >= 0.3 is 0 Å². The number of benzene rings is 10. The van der Waals surface area contributed by atoms with E-state index in [4.69, 9.17) is 0 Å². The second-order valence-electron chi connectivity index (χ2n) is 16.4. The van der Waals surface area contributed by atoms with Crippen LogP contribution in [-0.4, -0.2) is 17.2 Å². The Morgan fingerprint density at radius 3 is 1.35 bits per heavy atom. The van der Waals surface area contributed by atoms with E-state index < -0.39 is 8.07 Å². The number of hydrogen-bond acceptors (Lipinski definition) is 0. The third-order valence-electron chi connectivity index (χ3n) is 13.0. The van der Waals surface area contributed by atoms with Crippen LogP contribution in [-0.2, 0) is 0 Å². The zero-order valence-corrected chi connectivity index (χ0v) is 35.6. The lowest BCUT2D eigenvalue weighted by Gasteiger charge is -2.35. The molecule has 12 aromatic rings. The lowest BCUT2D eigenvalue weighted by molar-refractivity contribution is 1.13. The molecule has 2 nitrogen and oxygen atoms in total. The van der Waals surface area contributed by atoms with Gasteiger partial charge in [-0.2, -0.15) is 0 Å². The first-order valence-corrected chi connectivity index (χ1v) is 23.8. The van der Waals surface area contributed by atoms with E-state index in [1.54, 1.807) is 0 Å². The van der Waals surface area contributed by atoms with E-state index in [0.29, 0.717) is 0 Å². The molecule has 12 rings (SSSR count). The van der Waals surface area contributed by atoms with Crippen molar-refractivity contribution < 1.29 is 0 Å². The Morgan fingerprint density at radius 2 is 0.730 bits per heavy atom. The molecule has 0 aliphatic carbocycles. The van der Waals surface area contributed by atoms with Gasteiger partial charge in [0.05, 0.1) is 27.8 Å². The highest BCUT2D eigenvalue weighted by atomic mass is 28.3. The van der Waals surface area contributed by atoms with Crippen molar-refractivity contribution in [2.45, 2.75) is 0 Å². The summed E-state index contributed by atoms with van der Waals surface area (Å²) in [6, 6.07) is 94.4. The van der Waals surface area contributed by atoms with Gasteiger partial charge in [-0.05, 0) is 79.4 Å². The van der Waals surface area contributed by atoms with Gasteiger partial charge in [0.15, 0.2) is 8.07 Å². The van der Waals surface area contributed by atoms with E-state index in [1.807, 2.05) is 0 Å². The molecule has 0 saturated carbocycles. The van der Waals surface area contributed by atoms with Gasteiger partial charge in [0, 0.05) is 27.2 Å². The monoisotopic (exact) mass is 818 g/mol. The molecule has 0 spiro atoms. The van der Waals surface area contributed by atoms with Gasteiger partial charge in [-0.3, -0.25) is 0 Å². The van der Waals surface area contributed by atoms with Crippen LogP contribution in [0.15, 0.2) is 255 Å². The van der Waals surface area contributed by atoms with Crippen LogP contribution in [0, 0.1) is 0 Å². The highest BCUT2D eigenvalue weighted by molar-refractivity contribution is 7.20. The number of rotatable bonds is 8. The molecule has 2 aromatic heterocycles. The maximum absolute atomic E-state index is 3.02. The van der Waals surface area contributed by atoms with Crippen molar-refractivity contribution in [2.24, 2.45) is 0 Å². The Kier molecular flexibility index (Phi) is 8.87. The highest BCUT2D eigenvalue weighted by Crippen LogP contribution is 2.41. The van der Waals surface area contributed by atoms with E-state index in [2.05, 4.69) is 264 Å². The summed E-state index contributed by atoms with van der Waals surface area (Å²) < 4.78 is 5.12. The van der Waals surface area contributed by atoms with Crippen LogP contribution < -0.4 is 20.7 Å². The number of para-hydroxylation sites is 3. The lowest BCUT2D eigenvalue weighted by atomic mass is 10.0. The molecular formula is C60H42N2Si. The fourth-order valence-corrected chi connectivity index (χ4v) is 15.3. The van der Waals surface area contributed by atoms with Gasteiger partial charge in [0.2, 0.25) is 0 Å². The van der Waals surface area contributed by atoms with Crippen LogP contribution in [0.4, 0.5) is 0 Å². The number of hydrogen-bond donors (Lipinski definition) is 0. The second-order valence-corrected chi connectivity index (χ2v) is 20.2. The van der Waals surface area contributed by atoms with Gasteiger partial charge in [-0.25, -0.2) is 0 Å². The van der Waals surface area contributed by atoms with Crippen molar-refractivity contribution in [1.82, 2.24) is 9.13 Å². The molecule has 0 aliphatic heterocycles. The van der Waals surface area contributed by atoms with Gasteiger partial charge in [0.25, 0.3) is 0 Å². The Bertz CT molecular complexity index is 3500. The molecule has 0 saturated heterocycles. The molecular weight excluding hydrogens is 777 g/mol. The molecule has 0 unspecified atom stereocenters. The normalized spacial score (nSPS) is 11.8. The largest absolute Gasteiger partial charge is 0.307 e. The molecule has 2 heterocycles. The Labute approximate surface area is 368 Å². The number of nitrogens with zero attached hydrogens (tertiary/aromatic N) is 2. The predicted octanol–water partition coefficient (Wildman–Crippen LogP) is 12.6. The average Bonchev–Trinajstić information content (AvgIpc) is 3.89. The average molecular weight is 819 g/mol. The van der Waals surface area contributed by atoms with E-state index in [9.17, 15) is 0 Å². The molecule has 0 amide bonds. The highest BCUT2D eigenvalue weighted by Gasteiger charge is 2.43. The summed E-state index contributed by atoms with van der Waals surface area (Å²) in [5.74, 6) is 0. The summed E-state index contributed by atoms with van der Waals surface area (Å²) >= 11 is 0. The van der Waals surface area contributed by atoms with Gasteiger partial charge in [0.1, 0.15) is 0 Å². The van der Waals surface area contributed by atoms with Crippen LogP contribution in [0.1, 0.15) is 0 Å². The molecule has 0 N–H and O–H groups in total. The minimum atomic E-state index is -3.02. The summed E-state index contributed by atoms with van der Waals surface area (Å²) in [6.07, 6.45) is 0. The lowest BCUT2D eigenvalue weighted by Crippen LogP contribution is -2.75. The fourth-order valence-electron chi connectivity index (χ4n) is 10.4. The maximum Gasteiger partial charge on any atom is 0.181 e. The summed E-state index contributed by atoms with van der Waals surface area (Å²) in [6.45, 7) is 0. The third-order valence-corrected chi connectivity index (χ3v) is 17.9. The Morgan fingerprint density at radius 1 is 0.270 bits per heavy atom. The Balaban J connectivity index is 1.27. The molecule has 0 bridgehead atoms. The fraction of sp³-hybridized carbons (Fsp3) is 0. The molecule has 0 radical (unpaired) electrons. The first-order chi connectivity index (χ1) is 31.3. The van der Waals surface area contributed by atoms with Crippen molar-refractivity contribution in [3.63, 3.8) is 0 Å². The minimum Gasteiger partial charge on any atom is -0.307 e. The molecule has 10 aromatic carbocycles. The first-order valence-electron chi connectivity index (χ1n) is 21.8. The quantitative estimate of drug-likeness (QED) is 0.107. The Hall–Kier alpha value is -7.98. The van der Waals surface area contributed by atoms with E-state index in [0.717, 1.165) is 11.4 Å². The number of fused-ring (bicyclic) bond motifs is 6.